The topological polar surface area (TPSA) is 85.4 Å². The van der Waals surface area contributed by atoms with E-state index in [1.54, 1.807) is 0 Å². The van der Waals surface area contributed by atoms with Gasteiger partial charge < -0.3 is 24.0 Å². The van der Waals surface area contributed by atoms with Crippen LogP contribution >= 0.6 is 0 Å². The fourth-order valence-electron chi connectivity index (χ4n) is 7.16. The highest BCUT2D eigenvalue weighted by atomic mass is 16.5. The lowest BCUT2D eigenvalue weighted by atomic mass is 9.95. The lowest BCUT2D eigenvalue weighted by Gasteiger charge is -2.27. The third kappa shape index (κ3) is 26.7. The van der Waals surface area contributed by atoms with Crippen molar-refractivity contribution < 1.29 is 28.6 Å². The van der Waals surface area contributed by atoms with E-state index in [4.69, 9.17) is 14.2 Å². The maximum Gasteiger partial charge on any atom is 0.309 e. The Balaban J connectivity index is 2.55. The zero-order valence-electron chi connectivity index (χ0n) is 34.2. The zero-order valence-corrected chi connectivity index (χ0v) is 34.2. The van der Waals surface area contributed by atoms with Gasteiger partial charge in [0.1, 0.15) is 0 Å². The van der Waals surface area contributed by atoms with E-state index in [1.165, 1.54) is 70.6 Å². The minimum absolute atomic E-state index is 0.0330. The molecule has 2 unspecified atom stereocenters. The number of piperidine rings is 1. The molecule has 1 aliphatic heterocycles. The molecule has 0 saturated carbocycles. The first-order valence-corrected chi connectivity index (χ1v) is 21.7. The van der Waals surface area contributed by atoms with Crippen molar-refractivity contribution in [3.63, 3.8) is 0 Å². The molecule has 2 atom stereocenters. The SMILES string of the molecule is CCCCCCC(CCC)COC(=O)CCN(CCCCCCOC(=O)C1CCN(C)CC1)CCC(=O)OCC(CCCCC)CCCCCC. The van der Waals surface area contributed by atoms with Gasteiger partial charge in [-0.25, -0.2) is 0 Å². The molecule has 0 aromatic rings. The highest BCUT2D eigenvalue weighted by molar-refractivity contribution is 5.72. The summed E-state index contributed by atoms with van der Waals surface area (Å²) >= 11 is 0. The fraction of sp³-hybridized carbons (Fsp3) is 0.930. The number of hydrogen-bond donors (Lipinski definition) is 0. The first kappa shape index (κ1) is 47.4. The van der Waals surface area contributed by atoms with Crippen LogP contribution in [0.5, 0.6) is 0 Å². The van der Waals surface area contributed by atoms with Gasteiger partial charge in [-0.05, 0) is 89.9 Å². The van der Waals surface area contributed by atoms with Gasteiger partial charge in [-0.2, -0.15) is 0 Å². The summed E-state index contributed by atoms with van der Waals surface area (Å²) in [5, 5.41) is 0. The minimum Gasteiger partial charge on any atom is -0.465 e. The Hall–Kier alpha value is -1.67. The third-order valence-electron chi connectivity index (χ3n) is 10.7. The Labute approximate surface area is 314 Å². The van der Waals surface area contributed by atoms with Crippen molar-refractivity contribution in [3.8, 4) is 0 Å². The predicted molar refractivity (Wildman–Crippen MR) is 211 cm³/mol. The first-order valence-electron chi connectivity index (χ1n) is 21.7. The highest BCUT2D eigenvalue weighted by Gasteiger charge is 2.24. The smallest absolute Gasteiger partial charge is 0.309 e. The van der Waals surface area contributed by atoms with Crippen LogP contribution in [0.15, 0.2) is 0 Å². The molecule has 0 radical (unpaired) electrons. The summed E-state index contributed by atoms with van der Waals surface area (Å²) in [7, 11) is 2.10. The third-order valence-corrected chi connectivity index (χ3v) is 10.7. The second kappa shape index (κ2) is 32.9. The monoisotopic (exact) mass is 723 g/mol. The Morgan fingerprint density at radius 2 is 1.04 bits per heavy atom. The summed E-state index contributed by atoms with van der Waals surface area (Å²) in [5.41, 5.74) is 0. The lowest BCUT2D eigenvalue weighted by molar-refractivity contribution is -0.150. The fourth-order valence-corrected chi connectivity index (χ4v) is 7.16. The normalized spacial score (nSPS) is 15.2. The molecular formula is C43H82N2O6. The van der Waals surface area contributed by atoms with Crippen molar-refractivity contribution in [1.82, 2.24) is 9.80 Å². The molecule has 1 heterocycles. The molecule has 0 aromatic heterocycles. The number of unbranched alkanes of at least 4 members (excludes halogenated alkanes) is 11. The first-order chi connectivity index (χ1) is 24.8. The summed E-state index contributed by atoms with van der Waals surface area (Å²) in [4.78, 5) is 42.7. The molecule has 1 aliphatic rings. The van der Waals surface area contributed by atoms with Crippen LogP contribution in [0.1, 0.15) is 182 Å². The van der Waals surface area contributed by atoms with E-state index in [2.05, 4.69) is 44.5 Å². The number of nitrogens with zero attached hydrogens (tertiary/aromatic N) is 2. The maximum atomic E-state index is 12.9. The van der Waals surface area contributed by atoms with Crippen LogP contribution in [0, 0.1) is 17.8 Å². The Kier molecular flexibility index (Phi) is 30.6. The summed E-state index contributed by atoms with van der Waals surface area (Å²) in [6.45, 7) is 14.4. The van der Waals surface area contributed by atoms with E-state index >= 15 is 0 Å². The molecule has 8 heteroatoms. The maximum absolute atomic E-state index is 12.9. The second-order valence-corrected chi connectivity index (χ2v) is 15.6. The molecule has 51 heavy (non-hydrogen) atoms. The molecule has 0 spiro atoms. The van der Waals surface area contributed by atoms with Gasteiger partial charge in [-0.15, -0.1) is 0 Å². The van der Waals surface area contributed by atoms with E-state index in [0.29, 0.717) is 57.6 Å². The van der Waals surface area contributed by atoms with Crippen molar-refractivity contribution in [1.29, 1.82) is 0 Å². The van der Waals surface area contributed by atoms with E-state index in [0.717, 1.165) is 90.3 Å². The minimum atomic E-state index is -0.137. The van der Waals surface area contributed by atoms with E-state index < -0.39 is 0 Å². The lowest BCUT2D eigenvalue weighted by Crippen LogP contribution is -2.34. The molecule has 1 fully saturated rings. The van der Waals surface area contributed by atoms with Gasteiger partial charge in [0.15, 0.2) is 0 Å². The van der Waals surface area contributed by atoms with Gasteiger partial charge in [0.05, 0.1) is 38.6 Å². The van der Waals surface area contributed by atoms with Crippen molar-refractivity contribution in [2.24, 2.45) is 17.8 Å². The van der Waals surface area contributed by atoms with Crippen molar-refractivity contribution in [2.75, 3.05) is 59.6 Å². The van der Waals surface area contributed by atoms with Crippen LogP contribution in [-0.4, -0.2) is 87.3 Å². The second-order valence-electron chi connectivity index (χ2n) is 15.6. The van der Waals surface area contributed by atoms with Gasteiger partial charge in [-0.3, -0.25) is 14.4 Å². The zero-order chi connectivity index (χ0) is 37.4. The van der Waals surface area contributed by atoms with E-state index in [-0.39, 0.29) is 23.8 Å². The number of carbonyl (C=O) groups is 3. The van der Waals surface area contributed by atoms with Crippen LogP contribution in [0.3, 0.4) is 0 Å². The molecule has 0 bridgehead atoms. The van der Waals surface area contributed by atoms with Crippen LogP contribution < -0.4 is 0 Å². The van der Waals surface area contributed by atoms with Crippen molar-refractivity contribution in [2.45, 2.75) is 182 Å². The van der Waals surface area contributed by atoms with Crippen LogP contribution in [0.2, 0.25) is 0 Å². The molecule has 0 aliphatic carbocycles. The van der Waals surface area contributed by atoms with Gasteiger partial charge in [0, 0.05) is 13.1 Å². The summed E-state index contributed by atoms with van der Waals surface area (Å²) < 4.78 is 17.2. The van der Waals surface area contributed by atoms with Crippen LogP contribution in [-0.2, 0) is 28.6 Å². The average molecular weight is 723 g/mol. The quantitative estimate of drug-likeness (QED) is 0.0369. The number of hydrogen-bond acceptors (Lipinski definition) is 8. The Bertz CT molecular complexity index is 846. The molecular weight excluding hydrogens is 640 g/mol. The summed E-state index contributed by atoms with van der Waals surface area (Å²) in [6, 6.07) is 0. The van der Waals surface area contributed by atoms with E-state index in [9.17, 15) is 14.4 Å². The number of carbonyl (C=O) groups excluding carboxylic acids is 3. The van der Waals surface area contributed by atoms with E-state index in [1.807, 2.05) is 0 Å². The van der Waals surface area contributed by atoms with Crippen molar-refractivity contribution >= 4 is 17.9 Å². The summed E-state index contributed by atoms with van der Waals surface area (Å²) in [5.74, 6) is 0.650. The van der Waals surface area contributed by atoms with Crippen LogP contribution in [0.25, 0.3) is 0 Å². The largest absolute Gasteiger partial charge is 0.465 e. The average Bonchev–Trinajstić information content (AvgIpc) is 3.13. The van der Waals surface area contributed by atoms with Gasteiger partial charge in [-0.1, -0.05) is 118 Å². The molecule has 0 N–H and O–H groups in total. The Morgan fingerprint density at radius 1 is 0.569 bits per heavy atom. The number of esters is 3. The standard InChI is InChI=1S/C43H82N2O6/c1-6-10-13-18-24-38(22-9-4)36-50-41(46)28-33-45(30-20-15-16-21-35-49-43(48)40-26-31-44(5)32-27-40)34-29-42(47)51-37-39(23-17-12-8-3)25-19-14-11-7-2/h38-40H,6-37H2,1-5H3. The molecule has 1 rings (SSSR count). The predicted octanol–water partition coefficient (Wildman–Crippen LogP) is 10.2. The number of likely N-dealkylation sites (tertiary alicyclic amines) is 1. The van der Waals surface area contributed by atoms with Gasteiger partial charge in [0.2, 0.25) is 0 Å². The van der Waals surface area contributed by atoms with Gasteiger partial charge >= 0.3 is 17.9 Å². The molecule has 1 saturated heterocycles. The molecule has 0 amide bonds. The molecule has 0 aromatic carbocycles. The van der Waals surface area contributed by atoms with Gasteiger partial charge in [0.25, 0.3) is 0 Å². The highest BCUT2D eigenvalue weighted by Crippen LogP contribution is 2.20. The number of rotatable bonds is 34. The van der Waals surface area contributed by atoms with Crippen LogP contribution in [0.4, 0.5) is 0 Å². The molecule has 300 valence electrons. The molecule has 8 nitrogen and oxygen atoms in total. The number of ether oxygens (including phenoxy) is 3. The summed E-state index contributed by atoms with van der Waals surface area (Å²) in [6.07, 6.45) is 25.5. The van der Waals surface area contributed by atoms with Crippen molar-refractivity contribution in [3.05, 3.63) is 0 Å². The Morgan fingerprint density at radius 3 is 1.57 bits per heavy atom.